The van der Waals surface area contributed by atoms with E-state index in [1.165, 1.54) is 17.5 Å². The van der Waals surface area contributed by atoms with Crippen LogP contribution in [0.2, 0.25) is 0 Å². The molecule has 0 aromatic heterocycles. The minimum atomic E-state index is -0.812. The van der Waals surface area contributed by atoms with E-state index in [0.717, 1.165) is 32.1 Å². The van der Waals surface area contributed by atoms with Crippen molar-refractivity contribution in [2.45, 2.75) is 57.5 Å². The van der Waals surface area contributed by atoms with E-state index in [1.54, 1.807) is 0 Å². The highest BCUT2D eigenvalue weighted by molar-refractivity contribution is 5.35. The van der Waals surface area contributed by atoms with Crippen LogP contribution < -0.4 is 0 Å². The van der Waals surface area contributed by atoms with E-state index in [1.807, 2.05) is 6.07 Å². The summed E-state index contributed by atoms with van der Waals surface area (Å²) in [5, 5.41) is 21.2. The van der Waals surface area contributed by atoms with Crippen molar-refractivity contribution in [2.24, 2.45) is 11.3 Å². The molecule has 1 fully saturated rings. The predicted molar refractivity (Wildman–Crippen MR) is 79.1 cm³/mol. The van der Waals surface area contributed by atoms with Crippen LogP contribution in [0.1, 0.15) is 50.2 Å². The molecular formula is C18H23NO. The molecule has 0 heterocycles. The number of benzene rings is 1. The van der Waals surface area contributed by atoms with Crippen molar-refractivity contribution in [1.82, 2.24) is 0 Å². The average Bonchev–Trinajstić information content (AvgIpc) is 2.49. The molecule has 3 rings (SSSR count). The lowest BCUT2D eigenvalue weighted by atomic mass is 9.55. The fourth-order valence-electron chi connectivity index (χ4n) is 4.34. The molecule has 1 aromatic carbocycles. The molecular weight excluding hydrogens is 246 g/mol. The van der Waals surface area contributed by atoms with Gasteiger partial charge in [-0.2, -0.15) is 5.26 Å². The fourth-order valence-corrected chi connectivity index (χ4v) is 4.34. The van der Waals surface area contributed by atoms with Crippen LogP contribution in [0.3, 0.4) is 0 Å². The summed E-state index contributed by atoms with van der Waals surface area (Å²) in [6.45, 7) is 2.12. The number of nitriles is 1. The molecule has 1 aromatic rings. The van der Waals surface area contributed by atoms with E-state index in [4.69, 9.17) is 0 Å². The van der Waals surface area contributed by atoms with Gasteiger partial charge in [0.05, 0.1) is 17.1 Å². The van der Waals surface area contributed by atoms with Crippen LogP contribution in [0.4, 0.5) is 0 Å². The van der Waals surface area contributed by atoms with Gasteiger partial charge in [0.25, 0.3) is 0 Å². The van der Waals surface area contributed by atoms with Crippen molar-refractivity contribution in [2.75, 3.05) is 0 Å². The van der Waals surface area contributed by atoms with Gasteiger partial charge in [-0.1, -0.05) is 44.0 Å². The van der Waals surface area contributed by atoms with Crippen molar-refractivity contribution in [1.29, 1.82) is 5.26 Å². The van der Waals surface area contributed by atoms with Crippen LogP contribution in [0, 0.1) is 22.7 Å². The molecule has 2 nitrogen and oxygen atoms in total. The van der Waals surface area contributed by atoms with E-state index in [9.17, 15) is 10.4 Å². The van der Waals surface area contributed by atoms with E-state index in [0.29, 0.717) is 6.42 Å². The third-order valence-electron chi connectivity index (χ3n) is 5.73. The summed E-state index contributed by atoms with van der Waals surface area (Å²) in [4.78, 5) is 0. The minimum Gasteiger partial charge on any atom is -0.388 e. The van der Waals surface area contributed by atoms with Crippen molar-refractivity contribution in [3.63, 3.8) is 0 Å². The predicted octanol–water partition coefficient (Wildman–Crippen LogP) is 3.63. The van der Waals surface area contributed by atoms with Gasteiger partial charge in [0.2, 0.25) is 0 Å². The van der Waals surface area contributed by atoms with Gasteiger partial charge in [-0.05, 0) is 49.1 Å². The average molecular weight is 269 g/mol. The molecule has 3 atom stereocenters. The van der Waals surface area contributed by atoms with Gasteiger partial charge in [-0.3, -0.25) is 0 Å². The number of hydrogen-bond acceptors (Lipinski definition) is 2. The second-order valence-corrected chi connectivity index (χ2v) is 6.71. The van der Waals surface area contributed by atoms with Crippen molar-refractivity contribution in [3.8, 4) is 6.07 Å². The fraction of sp³-hybridized carbons (Fsp3) is 0.611. The number of aliphatic hydroxyl groups is 1. The maximum Gasteiger partial charge on any atom is 0.0906 e. The smallest absolute Gasteiger partial charge is 0.0906 e. The Labute approximate surface area is 121 Å². The molecule has 0 saturated heterocycles. The van der Waals surface area contributed by atoms with E-state index >= 15 is 0 Å². The van der Waals surface area contributed by atoms with Gasteiger partial charge >= 0.3 is 0 Å². The van der Waals surface area contributed by atoms with Gasteiger partial charge in [0, 0.05) is 0 Å². The van der Waals surface area contributed by atoms with E-state index in [2.05, 4.69) is 31.2 Å². The second-order valence-electron chi connectivity index (χ2n) is 6.71. The van der Waals surface area contributed by atoms with Gasteiger partial charge < -0.3 is 5.11 Å². The maximum absolute atomic E-state index is 11.3. The van der Waals surface area contributed by atoms with Crippen LogP contribution in [0.15, 0.2) is 24.3 Å². The quantitative estimate of drug-likeness (QED) is 0.846. The first-order valence-electron chi connectivity index (χ1n) is 7.82. The Hall–Kier alpha value is -1.33. The zero-order valence-electron chi connectivity index (χ0n) is 12.2. The Morgan fingerprint density at radius 2 is 1.95 bits per heavy atom. The van der Waals surface area contributed by atoms with Crippen LogP contribution in [0.25, 0.3) is 0 Å². The number of aryl methyl sites for hydroxylation is 1. The van der Waals surface area contributed by atoms with E-state index < -0.39 is 11.0 Å². The highest BCUT2D eigenvalue weighted by Crippen LogP contribution is 2.51. The highest BCUT2D eigenvalue weighted by atomic mass is 16.3. The topological polar surface area (TPSA) is 44.0 Å². The summed E-state index contributed by atoms with van der Waals surface area (Å²) < 4.78 is 0. The molecule has 106 valence electrons. The van der Waals surface area contributed by atoms with Gasteiger partial charge in [0.1, 0.15) is 0 Å². The summed E-state index contributed by atoms with van der Waals surface area (Å²) >= 11 is 0. The Kier molecular flexibility index (Phi) is 3.34. The van der Waals surface area contributed by atoms with Crippen molar-refractivity contribution >= 4 is 0 Å². The molecule has 0 radical (unpaired) electrons. The second kappa shape index (κ2) is 4.90. The molecule has 1 saturated carbocycles. The normalized spacial score (nSPS) is 37.0. The SMILES string of the molecule is CC1CCCCC1(O)C1(C#N)CCc2ccccc2C1. The summed E-state index contributed by atoms with van der Waals surface area (Å²) in [6.07, 6.45) is 6.47. The lowest BCUT2D eigenvalue weighted by Gasteiger charge is -2.50. The molecule has 2 aliphatic carbocycles. The Bertz CT molecular complexity index is 547. The molecule has 0 aliphatic heterocycles. The molecule has 0 amide bonds. The van der Waals surface area contributed by atoms with E-state index in [-0.39, 0.29) is 5.92 Å². The molecule has 0 spiro atoms. The first-order valence-corrected chi connectivity index (χ1v) is 7.82. The zero-order chi connectivity index (χ0) is 14.2. The maximum atomic E-state index is 11.3. The lowest BCUT2D eigenvalue weighted by Crippen LogP contribution is -2.56. The van der Waals surface area contributed by atoms with Crippen LogP contribution >= 0.6 is 0 Å². The Morgan fingerprint density at radius 3 is 2.65 bits per heavy atom. The molecule has 20 heavy (non-hydrogen) atoms. The largest absolute Gasteiger partial charge is 0.388 e. The Morgan fingerprint density at radius 1 is 1.20 bits per heavy atom. The highest BCUT2D eigenvalue weighted by Gasteiger charge is 2.55. The van der Waals surface area contributed by atoms with Crippen LogP contribution in [0.5, 0.6) is 0 Å². The molecule has 1 N–H and O–H groups in total. The number of nitrogens with zero attached hydrogens (tertiary/aromatic N) is 1. The third kappa shape index (κ3) is 1.88. The summed E-state index contributed by atoms with van der Waals surface area (Å²) in [5.41, 5.74) is 1.20. The molecule has 3 unspecified atom stereocenters. The first kappa shape index (κ1) is 13.6. The zero-order valence-corrected chi connectivity index (χ0v) is 12.2. The molecule has 0 bridgehead atoms. The summed E-state index contributed by atoms with van der Waals surface area (Å²) in [6, 6.07) is 10.9. The standard InChI is InChI=1S/C18H23NO/c1-14-6-4-5-10-18(14,20)17(13-19)11-9-15-7-2-3-8-16(15)12-17/h2-3,7-8,14,20H,4-6,9-12H2,1H3. The van der Waals surface area contributed by atoms with Crippen molar-refractivity contribution < 1.29 is 5.11 Å². The third-order valence-corrected chi connectivity index (χ3v) is 5.73. The van der Waals surface area contributed by atoms with Crippen molar-refractivity contribution in [3.05, 3.63) is 35.4 Å². The lowest BCUT2D eigenvalue weighted by molar-refractivity contribution is -0.124. The monoisotopic (exact) mass is 269 g/mol. The van der Waals surface area contributed by atoms with Crippen LogP contribution in [-0.4, -0.2) is 10.7 Å². The number of hydrogen-bond donors (Lipinski definition) is 1. The first-order chi connectivity index (χ1) is 9.61. The number of rotatable bonds is 1. The minimum absolute atomic E-state index is 0.223. The summed E-state index contributed by atoms with van der Waals surface area (Å²) in [7, 11) is 0. The Balaban J connectivity index is 2.00. The molecule has 2 aliphatic rings. The summed E-state index contributed by atoms with van der Waals surface area (Å²) in [5.74, 6) is 0.223. The van der Waals surface area contributed by atoms with Gasteiger partial charge in [-0.15, -0.1) is 0 Å². The number of fused-ring (bicyclic) bond motifs is 1. The molecule has 2 heteroatoms. The van der Waals surface area contributed by atoms with Gasteiger partial charge in [-0.25, -0.2) is 0 Å². The van der Waals surface area contributed by atoms with Gasteiger partial charge in [0.15, 0.2) is 0 Å². The van der Waals surface area contributed by atoms with Crippen LogP contribution in [-0.2, 0) is 12.8 Å².